The molecule has 4 rings (SSSR count). The van der Waals surface area contributed by atoms with Crippen LogP contribution in [-0.4, -0.2) is 37.6 Å². The topological polar surface area (TPSA) is 90.0 Å². The van der Waals surface area contributed by atoms with Crippen LogP contribution in [0.3, 0.4) is 0 Å². The van der Waals surface area contributed by atoms with Crippen LogP contribution in [0.15, 0.2) is 87.1 Å². The van der Waals surface area contributed by atoms with E-state index >= 15 is 0 Å². The number of imide groups is 1. The van der Waals surface area contributed by atoms with Crippen molar-refractivity contribution in [3.05, 3.63) is 93.3 Å². The third-order valence-electron chi connectivity index (χ3n) is 4.96. The molecule has 0 N–H and O–H groups in total. The monoisotopic (exact) mass is 573 g/mol. The molecule has 1 heterocycles. The van der Waals surface area contributed by atoms with E-state index in [9.17, 15) is 18.0 Å². The first-order valence-electron chi connectivity index (χ1n) is 10.5. The molecular weight excluding hydrogens is 554 g/mol. The van der Waals surface area contributed by atoms with Crippen LogP contribution in [-0.2, 0) is 14.9 Å². The highest BCUT2D eigenvalue weighted by Crippen LogP contribution is 2.34. The second-order valence-corrected chi connectivity index (χ2v) is 10.9. The van der Waals surface area contributed by atoms with Crippen LogP contribution in [0.25, 0.3) is 6.08 Å². The maximum absolute atomic E-state index is 12.7. The van der Waals surface area contributed by atoms with Gasteiger partial charge in [-0.2, -0.15) is 8.42 Å². The van der Waals surface area contributed by atoms with Crippen molar-refractivity contribution in [1.82, 2.24) is 4.90 Å². The Hall–Kier alpha value is -3.08. The fourth-order valence-electron chi connectivity index (χ4n) is 3.16. The number of ether oxygens (including phenoxy) is 1. The largest absolute Gasteiger partial charge is 0.492 e. The molecule has 7 nitrogen and oxygen atoms in total. The average molecular weight is 574 g/mol. The smallest absolute Gasteiger partial charge is 0.339 e. The summed E-state index contributed by atoms with van der Waals surface area (Å²) in [5, 5.41) is -0.374. The number of carbonyl (C=O) groups is 2. The van der Waals surface area contributed by atoms with Gasteiger partial charge in [-0.3, -0.25) is 14.5 Å². The number of amides is 2. The third kappa shape index (κ3) is 6.14. The van der Waals surface area contributed by atoms with E-state index in [1.165, 1.54) is 18.2 Å². The van der Waals surface area contributed by atoms with Gasteiger partial charge in [0.15, 0.2) is 5.75 Å². The highest BCUT2D eigenvalue weighted by molar-refractivity contribution is 9.10. The van der Waals surface area contributed by atoms with Gasteiger partial charge in [-0.05, 0) is 82.7 Å². The van der Waals surface area contributed by atoms with E-state index in [1.807, 2.05) is 25.1 Å². The Bertz CT molecular complexity index is 1390. The molecule has 1 saturated heterocycles. The first-order valence-corrected chi connectivity index (χ1v) is 13.5. The number of hydrogen-bond acceptors (Lipinski definition) is 7. The van der Waals surface area contributed by atoms with E-state index in [0.29, 0.717) is 15.8 Å². The average Bonchev–Trinajstić information content (AvgIpc) is 3.09. The van der Waals surface area contributed by atoms with E-state index in [0.717, 1.165) is 22.2 Å². The maximum atomic E-state index is 12.7. The summed E-state index contributed by atoms with van der Waals surface area (Å²) in [6.45, 7) is 2.17. The minimum atomic E-state index is -4.01. The van der Waals surface area contributed by atoms with Gasteiger partial charge in [0.05, 0.1) is 15.9 Å². The highest BCUT2D eigenvalue weighted by Gasteiger charge is 2.34. The normalized spacial score (nSPS) is 15.0. The van der Waals surface area contributed by atoms with Crippen molar-refractivity contribution in [2.75, 3.05) is 13.2 Å². The summed E-state index contributed by atoms with van der Waals surface area (Å²) in [5.74, 6) is 0.357. The molecule has 0 unspecified atom stereocenters. The van der Waals surface area contributed by atoms with Gasteiger partial charge in [0, 0.05) is 0 Å². The predicted molar refractivity (Wildman–Crippen MR) is 138 cm³/mol. The summed E-state index contributed by atoms with van der Waals surface area (Å²) in [6, 6.07) is 20.2. The summed E-state index contributed by atoms with van der Waals surface area (Å²) in [6.07, 6.45) is 1.58. The molecule has 1 fully saturated rings. The molecule has 0 aromatic heterocycles. The molecule has 3 aromatic carbocycles. The minimum absolute atomic E-state index is 0.0454. The molecule has 0 spiro atoms. The van der Waals surface area contributed by atoms with Gasteiger partial charge >= 0.3 is 10.1 Å². The number of benzene rings is 3. The Labute approximate surface area is 216 Å². The molecule has 0 bridgehead atoms. The second-order valence-electron chi connectivity index (χ2n) is 7.54. The Balaban J connectivity index is 1.43. The van der Waals surface area contributed by atoms with Crippen LogP contribution in [0, 0.1) is 6.92 Å². The molecule has 0 aliphatic carbocycles. The molecule has 0 atom stereocenters. The van der Waals surface area contributed by atoms with E-state index in [1.54, 1.807) is 42.5 Å². The van der Waals surface area contributed by atoms with Crippen molar-refractivity contribution < 1.29 is 26.9 Å². The Morgan fingerprint density at radius 3 is 2.40 bits per heavy atom. The van der Waals surface area contributed by atoms with Crippen LogP contribution in [0.4, 0.5) is 4.79 Å². The first-order chi connectivity index (χ1) is 16.7. The van der Waals surface area contributed by atoms with Crippen molar-refractivity contribution in [2.24, 2.45) is 0 Å². The standard InChI is InChI=1S/C25H20BrNO6S2/c1-17-7-10-20(11-8-17)35(30,31)33-22-12-9-18(15-21(22)26)16-23-24(28)27(25(29)34-23)13-14-32-19-5-3-2-4-6-19/h2-12,15-16H,13-14H2,1H3/b23-16-. The van der Waals surface area contributed by atoms with Gasteiger partial charge in [-0.25, -0.2) is 0 Å². The Morgan fingerprint density at radius 2 is 1.71 bits per heavy atom. The molecule has 1 aliphatic rings. The van der Waals surface area contributed by atoms with Crippen LogP contribution < -0.4 is 8.92 Å². The molecule has 0 radical (unpaired) electrons. The van der Waals surface area contributed by atoms with Gasteiger partial charge < -0.3 is 8.92 Å². The van der Waals surface area contributed by atoms with Gasteiger partial charge in [0.25, 0.3) is 11.1 Å². The van der Waals surface area contributed by atoms with Crippen molar-refractivity contribution >= 4 is 55.0 Å². The lowest BCUT2D eigenvalue weighted by molar-refractivity contribution is -0.123. The third-order valence-corrected chi connectivity index (χ3v) is 7.74. The van der Waals surface area contributed by atoms with Crippen molar-refractivity contribution in [3.8, 4) is 11.5 Å². The molecule has 35 heavy (non-hydrogen) atoms. The minimum Gasteiger partial charge on any atom is -0.492 e. The molecule has 180 valence electrons. The molecular formula is C25H20BrNO6S2. The number of rotatable bonds is 8. The van der Waals surface area contributed by atoms with Crippen molar-refractivity contribution in [3.63, 3.8) is 0 Å². The van der Waals surface area contributed by atoms with Crippen LogP contribution >= 0.6 is 27.7 Å². The van der Waals surface area contributed by atoms with Crippen LogP contribution in [0.5, 0.6) is 11.5 Å². The second kappa shape index (κ2) is 10.7. The number of aryl methyl sites for hydroxylation is 1. The fourth-order valence-corrected chi connectivity index (χ4v) is 5.56. The molecule has 0 saturated carbocycles. The maximum Gasteiger partial charge on any atom is 0.339 e. The van der Waals surface area contributed by atoms with Gasteiger partial charge in [0.1, 0.15) is 17.3 Å². The van der Waals surface area contributed by atoms with E-state index in [-0.39, 0.29) is 33.9 Å². The van der Waals surface area contributed by atoms with Crippen LogP contribution in [0.2, 0.25) is 0 Å². The summed E-state index contributed by atoms with van der Waals surface area (Å²) < 4.78 is 36.4. The summed E-state index contributed by atoms with van der Waals surface area (Å²) >= 11 is 4.17. The zero-order valence-corrected chi connectivity index (χ0v) is 21.7. The predicted octanol–water partition coefficient (Wildman–Crippen LogP) is 5.64. The van der Waals surface area contributed by atoms with E-state index in [2.05, 4.69) is 15.9 Å². The first kappa shape index (κ1) is 25.0. The zero-order chi connectivity index (χ0) is 25.0. The fraction of sp³-hybridized carbons (Fsp3) is 0.120. The van der Waals surface area contributed by atoms with E-state index < -0.39 is 16.0 Å². The summed E-state index contributed by atoms with van der Waals surface area (Å²) in [5.41, 5.74) is 1.53. The van der Waals surface area contributed by atoms with Gasteiger partial charge in [-0.1, -0.05) is 42.0 Å². The number of thioether (sulfide) groups is 1. The van der Waals surface area contributed by atoms with Crippen molar-refractivity contribution in [1.29, 1.82) is 0 Å². The van der Waals surface area contributed by atoms with Gasteiger partial charge in [0.2, 0.25) is 0 Å². The molecule has 1 aliphatic heterocycles. The zero-order valence-electron chi connectivity index (χ0n) is 18.5. The number of nitrogens with zero attached hydrogens (tertiary/aromatic N) is 1. The highest BCUT2D eigenvalue weighted by atomic mass is 79.9. The Kier molecular flexibility index (Phi) is 7.63. The molecule has 3 aromatic rings. The SMILES string of the molecule is Cc1ccc(S(=O)(=O)Oc2ccc(/C=C3\SC(=O)N(CCOc4ccccc4)C3=O)cc2Br)cc1. The van der Waals surface area contributed by atoms with E-state index in [4.69, 9.17) is 8.92 Å². The molecule has 2 amide bonds. The Morgan fingerprint density at radius 1 is 1.00 bits per heavy atom. The van der Waals surface area contributed by atoms with Crippen molar-refractivity contribution in [2.45, 2.75) is 11.8 Å². The lowest BCUT2D eigenvalue weighted by Crippen LogP contribution is -2.32. The summed E-state index contributed by atoms with van der Waals surface area (Å²) in [7, 11) is -4.01. The quantitative estimate of drug-likeness (QED) is 0.254. The van der Waals surface area contributed by atoms with Gasteiger partial charge in [-0.15, -0.1) is 0 Å². The number of hydrogen-bond donors (Lipinski definition) is 0. The lowest BCUT2D eigenvalue weighted by atomic mass is 10.2. The number of para-hydroxylation sites is 1. The summed E-state index contributed by atoms with van der Waals surface area (Å²) in [4.78, 5) is 26.5. The number of carbonyl (C=O) groups excluding carboxylic acids is 2. The number of halogens is 1. The van der Waals surface area contributed by atoms with Crippen LogP contribution in [0.1, 0.15) is 11.1 Å². The molecule has 10 heteroatoms. The lowest BCUT2D eigenvalue weighted by Gasteiger charge is -2.13.